The highest BCUT2D eigenvalue weighted by atomic mass is 79.9. The van der Waals surface area contributed by atoms with E-state index in [1.165, 1.54) is 0 Å². The van der Waals surface area contributed by atoms with Gasteiger partial charge in [0.05, 0.1) is 6.21 Å². The first-order valence-electron chi connectivity index (χ1n) is 4.65. The van der Waals surface area contributed by atoms with Gasteiger partial charge >= 0.3 is 0 Å². The fourth-order valence-corrected chi connectivity index (χ4v) is 1.37. The Kier molecular flexibility index (Phi) is 5.74. The van der Waals surface area contributed by atoms with Gasteiger partial charge in [0.1, 0.15) is 0 Å². The first-order chi connectivity index (χ1) is 7.72. The van der Waals surface area contributed by atoms with E-state index in [9.17, 15) is 0 Å². The lowest BCUT2D eigenvalue weighted by atomic mass is 10.2. The van der Waals surface area contributed by atoms with Crippen molar-refractivity contribution in [1.29, 1.82) is 0 Å². The van der Waals surface area contributed by atoms with Gasteiger partial charge in [0, 0.05) is 11.5 Å². The number of benzene rings is 1. The predicted molar refractivity (Wildman–Crippen MR) is 76.6 cm³/mol. The highest BCUT2D eigenvalue weighted by Gasteiger charge is 1.89. The summed E-state index contributed by atoms with van der Waals surface area (Å²) in [6.45, 7) is 0. The van der Waals surface area contributed by atoms with Gasteiger partial charge < -0.3 is 5.32 Å². The number of rotatable bonds is 3. The Morgan fingerprint density at radius 1 is 1.38 bits per heavy atom. The van der Waals surface area contributed by atoms with Crippen LogP contribution in [0.4, 0.5) is 0 Å². The van der Waals surface area contributed by atoms with Gasteiger partial charge in [0.25, 0.3) is 0 Å². The molecule has 0 aliphatic heterocycles. The number of halogens is 1. The van der Waals surface area contributed by atoms with Gasteiger partial charge in [0.15, 0.2) is 5.11 Å². The standard InChI is InChI=1S/C11H12BrN3S/c1-13-11(16)15-14-8-10(12)7-9-5-3-2-4-6-9/h2-8H,1H3,(H2,13,15,16). The summed E-state index contributed by atoms with van der Waals surface area (Å²) in [6.07, 6.45) is 3.62. The normalized spacial score (nSPS) is 11.5. The summed E-state index contributed by atoms with van der Waals surface area (Å²) < 4.78 is 0.866. The van der Waals surface area contributed by atoms with Crippen molar-refractivity contribution in [2.75, 3.05) is 7.05 Å². The van der Waals surface area contributed by atoms with Gasteiger partial charge in [-0.05, 0) is 39.8 Å². The quantitative estimate of drug-likeness (QED) is 0.511. The fourth-order valence-electron chi connectivity index (χ4n) is 0.954. The number of hydrazone groups is 1. The van der Waals surface area contributed by atoms with Crippen molar-refractivity contribution < 1.29 is 0 Å². The van der Waals surface area contributed by atoms with Crippen LogP contribution in [0.25, 0.3) is 6.08 Å². The second-order valence-electron chi connectivity index (χ2n) is 2.89. The maximum Gasteiger partial charge on any atom is 0.186 e. The zero-order valence-electron chi connectivity index (χ0n) is 8.77. The average molecular weight is 298 g/mol. The molecule has 0 spiro atoms. The highest BCUT2D eigenvalue weighted by molar-refractivity contribution is 9.12. The molecule has 5 heteroatoms. The lowest BCUT2D eigenvalue weighted by Gasteiger charge is -1.99. The van der Waals surface area contributed by atoms with Crippen molar-refractivity contribution in [3.63, 3.8) is 0 Å². The number of nitrogens with one attached hydrogen (secondary N) is 2. The van der Waals surface area contributed by atoms with Crippen LogP contribution in [-0.2, 0) is 0 Å². The number of allylic oxidation sites excluding steroid dienone is 1. The molecule has 1 rings (SSSR count). The number of hydrogen-bond acceptors (Lipinski definition) is 2. The Morgan fingerprint density at radius 3 is 2.69 bits per heavy atom. The molecule has 0 saturated heterocycles. The van der Waals surface area contributed by atoms with Gasteiger partial charge in [0.2, 0.25) is 0 Å². The zero-order chi connectivity index (χ0) is 11.8. The van der Waals surface area contributed by atoms with E-state index in [0.29, 0.717) is 5.11 Å². The highest BCUT2D eigenvalue weighted by Crippen LogP contribution is 2.09. The van der Waals surface area contributed by atoms with E-state index in [4.69, 9.17) is 12.2 Å². The molecular formula is C11H12BrN3S. The summed E-state index contributed by atoms with van der Waals surface area (Å²) in [5.74, 6) is 0. The summed E-state index contributed by atoms with van der Waals surface area (Å²) in [7, 11) is 1.74. The molecule has 2 N–H and O–H groups in total. The van der Waals surface area contributed by atoms with Gasteiger partial charge in [-0.25, -0.2) is 0 Å². The first kappa shape index (κ1) is 12.9. The summed E-state index contributed by atoms with van der Waals surface area (Å²) in [5.41, 5.74) is 3.78. The first-order valence-corrected chi connectivity index (χ1v) is 5.85. The smallest absolute Gasteiger partial charge is 0.186 e. The third kappa shape index (κ3) is 5.04. The second kappa shape index (κ2) is 7.14. The van der Waals surface area contributed by atoms with Gasteiger partial charge in [-0.15, -0.1) is 0 Å². The summed E-state index contributed by atoms with van der Waals surface area (Å²) >= 11 is 8.26. The molecule has 0 radical (unpaired) electrons. The maximum atomic E-state index is 4.87. The molecular weight excluding hydrogens is 286 g/mol. The minimum absolute atomic E-state index is 0.483. The van der Waals surface area contributed by atoms with E-state index >= 15 is 0 Å². The van der Waals surface area contributed by atoms with Crippen LogP contribution in [0.1, 0.15) is 5.56 Å². The Balaban J connectivity index is 2.55. The van der Waals surface area contributed by atoms with Crippen molar-refractivity contribution >= 4 is 45.6 Å². The van der Waals surface area contributed by atoms with E-state index in [1.54, 1.807) is 13.3 Å². The zero-order valence-corrected chi connectivity index (χ0v) is 11.2. The summed E-state index contributed by atoms with van der Waals surface area (Å²) in [6, 6.07) is 9.98. The largest absolute Gasteiger partial charge is 0.364 e. The van der Waals surface area contributed by atoms with Gasteiger partial charge in [-0.3, -0.25) is 5.43 Å². The number of nitrogens with zero attached hydrogens (tertiary/aromatic N) is 1. The summed E-state index contributed by atoms with van der Waals surface area (Å²) in [4.78, 5) is 0. The van der Waals surface area contributed by atoms with Crippen molar-refractivity contribution in [3.05, 3.63) is 40.4 Å². The van der Waals surface area contributed by atoms with Gasteiger partial charge in [-0.2, -0.15) is 5.10 Å². The molecule has 3 nitrogen and oxygen atoms in total. The number of hydrogen-bond donors (Lipinski definition) is 2. The van der Waals surface area contributed by atoms with Crippen LogP contribution in [0.2, 0.25) is 0 Å². The lowest BCUT2D eigenvalue weighted by Crippen LogP contribution is -2.28. The Labute approximate surface area is 109 Å². The Hall–Kier alpha value is -1.20. The third-order valence-corrected chi connectivity index (χ3v) is 2.41. The minimum Gasteiger partial charge on any atom is -0.364 e. The van der Waals surface area contributed by atoms with E-state index in [1.807, 2.05) is 36.4 Å². The monoisotopic (exact) mass is 297 g/mol. The molecule has 0 saturated carbocycles. The topological polar surface area (TPSA) is 36.4 Å². The molecule has 0 aliphatic rings. The van der Waals surface area contributed by atoms with Crippen LogP contribution >= 0.6 is 28.1 Å². The average Bonchev–Trinajstić information content (AvgIpc) is 2.30. The van der Waals surface area contributed by atoms with Crippen LogP contribution in [-0.4, -0.2) is 18.4 Å². The number of thiocarbonyl (C=S) groups is 1. The van der Waals surface area contributed by atoms with Crippen molar-refractivity contribution in [3.8, 4) is 0 Å². The van der Waals surface area contributed by atoms with Crippen molar-refractivity contribution in [2.45, 2.75) is 0 Å². The molecule has 0 aliphatic carbocycles. The predicted octanol–water partition coefficient (Wildman–Crippen LogP) is 2.50. The van der Waals surface area contributed by atoms with Crippen LogP contribution < -0.4 is 10.7 Å². The van der Waals surface area contributed by atoms with Crippen LogP contribution in [0.15, 0.2) is 39.9 Å². The van der Waals surface area contributed by atoms with E-state index in [-0.39, 0.29) is 0 Å². The lowest BCUT2D eigenvalue weighted by molar-refractivity contribution is 0.983. The second-order valence-corrected chi connectivity index (χ2v) is 4.21. The minimum atomic E-state index is 0.483. The Morgan fingerprint density at radius 2 is 2.06 bits per heavy atom. The van der Waals surface area contributed by atoms with Crippen LogP contribution in [0, 0.1) is 0 Å². The molecule has 84 valence electrons. The molecule has 0 amide bonds. The molecule has 1 aromatic rings. The Bertz CT molecular complexity index is 401. The van der Waals surface area contributed by atoms with Crippen LogP contribution in [0.3, 0.4) is 0 Å². The molecule has 0 aromatic heterocycles. The molecule has 16 heavy (non-hydrogen) atoms. The van der Waals surface area contributed by atoms with Crippen molar-refractivity contribution in [1.82, 2.24) is 10.7 Å². The molecule has 0 fully saturated rings. The fraction of sp³-hybridized carbons (Fsp3) is 0.0909. The summed E-state index contributed by atoms with van der Waals surface area (Å²) in [5, 5.41) is 7.19. The third-order valence-electron chi connectivity index (χ3n) is 1.69. The van der Waals surface area contributed by atoms with Gasteiger partial charge in [-0.1, -0.05) is 30.3 Å². The van der Waals surface area contributed by atoms with Crippen LogP contribution in [0.5, 0.6) is 0 Å². The van der Waals surface area contributed by atoms with Crippen molar-refractivity contribution in [2.24, 2.45) is 5.10 Å². The molecule has 0 atom stereocenters. The SMILES string of the molecule is CNC(=S)NN=CC(Br)=Cc1ccccc1. The maximum absolute atomic E-state index is 4.87. The molecule has 1 aromatic carbocycles. The van der Waals surface area contributed by atoms with E-state index < -0.39 is 0 Å². The molecule has 0 unspecified atom stereocenters. The molecule has 0 bridgehead atoms. The molecule has 0 heterocycles. The van der Waals surface area contributed by atoms with E-state index in [0.717, 1.165) is 10.0 Å². The van der Waals surface area contributed by atoms with E-state index in [2.05, 4.69) is 31.8 Å².